The van der Waals surface area contributed by atoms with Gasteiger partial charge in [0.05, 0.1) is 12.9 Å². The number of urea groups is 1. The molecular weight excluding hydrogens is 531 g/mol. The molecule has 2 fully saturated rings. The molecule has 3 unspecified atom stereocenters. The van der Waals surface area contributed by atoms with Crippen molar-refractivity contribution < 1.29 is 37.9 Å². The molecule has 206 valence electrons. The van der Waals surface area contributed by atoms with Crippen molar-refractivity contribution in [3.63, 3.8) is 0 Å². The molecule has 39 heavy (non-hydrogen) atoms. The largest absolute Gasteiger partial charge is 0.756 e. The maximum absolute atomic E-state index is 12.3. The number of hydrogen-bond donors (Lipinski definition) is 3. The molecule has 0 bridgehead atoms. The van der Waals surface area contributed by atoms with Crippen LogP contribution >= 0.6 is 7.82 Å². The number of anilines is 1. The Balaban J connectivity index is 1.39. The van der Waals surface area contributed by atoms with Crippen LogP contribution in [0.1, 0.15) is 31.6 Å². The average molecular weight is 557 g/mol. The Bertz CT molecular complexity index is 1420. The highest BCUT2D eigenvalue weighted by atomic mass is 31.2. The Kier molecular flexibility index (Phi) is 8.20. The van der Waals surface area contributed by atoms with Gasteiger partial charge in [-0.15, -0.1) is 0 Å². The molecule has 4 heterocycles. The molecule has 0 spiro atoms. The van der Waals surface area contributed by atoms with Crippen LogP contribution in [-0.4, -0.2) is 68.2 Å². The second kappa shape index (κ2) is 11.8. The first-order valence-electron chi connectivity index (χ1n) is 12.3. The van der Waals surface area contributed by atoms with Crippen molar-refractivity contribution in [1.82, 2.24) is 24.8 Å². The van der Waals surface area contributed by atoms with Crippen LogP contribution in [-0.2, 0) is 23.3 Å². The number of fused-ring (bicyclic) bond motifs is 2. The van der Waals surface area contributed by atoms with Crippen molar-refractivity contribution in [2.24, 2.45) is 0 Å². The number of hydrogen-bond acceptors (Lipinski definition) is 10. The van der Waals surface area contributed by atoms with Crippen LogP contribution < -0.4 is 15.5 Å². The van der Waals surface area contributed by atoms with Gasteiger partial charge in [0.2, 0.25) is 6.29 Å². The van der Waals surface area contributed by atoms with E-state index in [0.29, 0.717) is 17.7 Å². The van der Waals surface area contributed by atoms with Crippen molar-refractivity contribution in [2.45, 2.75) is 50.6 Å². The summed E-state index contributed by atoms with van der Waals surface area (Å²) in [6, 6.07) is 8.83. The van der Waals surface area contributed by atoms with Crippen LogP contribution in [0.2, 0.25) is 0 Å². The molecule has 2 aromatic heterocycles. The molecule has 0 aliphatic carbocycles. The van der Waals surface area contributed by atoms with Crippen LogP contribution in [0.25, 0.3) is 11.2 Å². The number of rotatable bonds is 8. The Hall–Kier alpha value is -3.41. The predicted molar refractivity (Wildman–Crippen MR) is 134 cm³/mol. The van der Waals surface area contributed by atoms with E-state index < -0.39 is 51.3 Å². The molecule has 1 aromatic carbocycles. The zero-order valence-electron chi connectivity index (χ0n) is 20.8. The minimum Gasteiger partial charge on any atom is -0.756 e. The first-order valence-corrected chi connectivity index (χ1v) is 13.8. The van der Waals surface area contributed by atoms with E-state index in [1.807, 2.05) is 37.3 Å². The summed E-state index contributed by atoms with van der Waals surface area (Å²) in [6.07, 6.45) is 0.226. The second-order valence-electron chi connectivity index (χ2n) is 8.78. The van der Waals surface area contributed by atoms with Gasteiger partial charge in [-0.25, -0.2) is 19.7 Å². The number of carbonyl (C=O) groups excluding carboxylic acids is 1. The average Bonchev–Trinajstić information content (AvgIpc) is 3.61. The van der Waals surface area contributed by atoms with Gasteiger partial charge in [-0.2, -0.15) is 0 Å². The van der Waals surface area contributed by atoms with Crippen molar-refractivity contribution in [3.05, 3.63) is 48.5 Å². The van der Waals surface area contributed by atoms with Gasteiger partial charge >= 0.3 is 6.03 Å². The van der Waals surface area contributed by atoms with Crippen molar-refractivity contribution in [2.75, 3.05) is 18.5 Å². The summed E-state index contributed by atoms with van der Waals surface area (Å²) in [4.78, 5) is 45.4. The molecule has 3 aromatic rings. The third-order valence-electron chi connectivity index (χ3n) is 6.04. The zero-order valence-corrected chi connectivity index (χ0v) is 21.7. The number of phosphoric acid groups is 1. The maximum atomic E-state index is 12.3. The Morgan fingerprint density at radius 3 is 2.77 bits per heavy atom. The summed E-state index contributed by atoms with van der Waals surface area (Å²) < 4.78 is 35.4. The summed E-state index contributed by atoms with van der Waals surface area (Å²) in [7, 11) is -5.01. The van der Waals surface area contributed by atoms with Gasteiger partial charge in [0, 0.05) is 12.1 Å². The van der Waals surface area contributed by atoms with E-state index in [1.54, 1.807) is 4.57 Å². The molecule has 3 N–H and O–H groups in total. The molecular formula is C24H26N6O8P-. The monoisotopic (exact) mass is 557 g/mol. The summed E-state index contributed by atoms with van der Waals surface area (Å²) in [6.45, 7) is 2.03. The first kappa shape index (κ1) is 27.2. The molecule has 6 atom stereocenters. The van der Waals surface area contributed by atoms with E-state index in [1.165, 1.54) is 12.7 Å². The Morgan fingerprint density at radius 2 is 2.00 bits per heavy atom. The van der Waals surface area contributed by atoms with Gasteiger partial charge in [0.1, 0.15) is 24.6 Å². The van der Waals surface area contributed by atoms with Crippen molar-refractivity contribution in [1.29, 1.82) is 0 Å². The molecule has 15 heteroatoms. The number of amides is 2. The SMILES string of the molecule is CCCCNC(=O)Nc1ncnc2c1ncn2[C@@H]1O[C@H](COP(=O)([O-])O)[C@@H]2OC(C#Cc3ccccc3)OC21. The predicted octanol–water partition coefficient (Wildman–Crippen LogP) is 1.28. The van der Waals surface area contributed by atoms with E-state index in [-0.39, 0.29) is 5.82 Å². The summed E-state index contributed by atoms with van der Waals surface area (Å²) in [5.74, 6) is 6.09. The smallest absolute Gasteiger partial charge is 0.320 e. The van der Waals surface area contributed by atoms with E-state index in [0.717, 1.165) is 18.4 Å². The number of carbonyl (C=O) groups is 1. The summed E-state index contributed by atoms with van der Waals surface area (Å²) in [5, 5.41) is 5.42. The lowest BCUT2D eigenvalue weighted by Gasteiger charge is -2.22. The highest BCUT2D eigenvalue weighted by molar-refractivity contribution is 7.44. The van der Waals surface area contributed by atoms with E-state index in [4.69, 9.17) is 19.1 Å². The number of nitrogens with one attached hydrogen (secondary N) is 2. The van der Waals surface area contributed by atoms with Crippen molar-refractivity contribution in [3.8, 4) is 11.8 Å². The number of phosphoric ester groups is 1. The molecule has 5 rings (SSSR count). The highest BCUT2D eigenvalue weighted by Crippen LogP contribution is 2.42. The fraction of sp³-hybridized carbons (Fsp3) is 0.417. The molecule has 2 saturated heterocycles. The number of imidazole rings is 1. The fourth-order valence-corrected chi connectivity index (χ4v) is 4.59. The lowest BCUT2D eigenvalue weighted by atomic mass is 10.1. The van der Waals surface area contributed by atoms with Gasteiger partial charge in [0.25, 0.3) is 7.82 Å². The molecule has 0 radical (unpaired) electrons. The number of ether oxygens (including phenoxy) is 3. The standard InChI is InChI=1S/C24H27N6O8P/c1-2-3-11-25-24(31)29-21-18-22(27-13-26-21)30(14-28-18)23-20-19(16(36-23)12-35-39(32,33)34)37-17(38-20)10-9-15-7-5-4-6-8-15/h4-8,13-14,16-17,19-20,23H,2-3,11-12H2,1H3,(H2,32,33,34)(H2,25,26,27,29,31)/p-1/t16-,17?,19+,20?,23-/m1/s1. The molecule has 14 nitrogen and oxygen atoms in total. The van der Waals surface area contributed by atoms with E-state index >= 15 is 0 Å². The van der Waals surface area contributed by atoms with Crippen LogP contribution in [0.3, 0.4) is 0 Å². The number of benzene rings is 1. The minimum atomic E-state index is -5.01. The molecule has 2 aliphatic heterocycles. The lowest BCUT2D eigenvalue weighted by Crippen LogP contribution is -2.32. The Morgan fingerprint density at radius 1 is 1.21 bits per heavy atom. The van der Waals surface area contributed by atoms with Crippen LogP contribution in [0.15, 0.2) is 43.0 Å². The quantitative estimate of drug-likeness (QED) is 0.206. The minimum absolute atomic E-state index is 0.199. The summed E-state index contributed by atoms with van der Waals surface area (Å²) in [5.41, 5.74) is 1.40. The fourth-order valence-electron chi connectivity index (χ4n) is 4.25. The van der Waals surface area contributed by atoms with Crippen LogP contribution in [0, 0.1) is 11.8 Å². The third-order valence-corrected chi connectivity index (χ3v) is 6.51. The van der Waals surface area contributed by atoms with Crippen molar-refractivity contribution >= 4 is 30.8 Å². The first-order chi connectivity index (χ1) is 18.8. The zero-order chi connectivity index (χ0) is 27.4. The van der Waals surface area contributed by atoms with E-state index in [2.05, 4.69) is 42.0 Å². The lowest BCUT2D eigenvalue weighted by molar-refractivity contribution is -0.223. The van der Waals surface area contributed by atoms with E-state index in [9.17, 15) is 14.3 Å². The number of aromatic nitrogens is 4. The van der Waals surface area contributed by atoms with Gasteiger partial charge in [0.15, 0.2) is 23.2 Å². The van der Waals surface area contributed by atoms with Crippen LogP contribution in [0.4, 0.5) is 10.6 Å². The molecule has 2 amide bonds. The van der Waals surface area contributed by atoms with Gasteiger partial charge in [-0.05, 0) is 24.5 Å². The highest BCUT2D eigenvalue weighted by Gasteiger charge is 2.54. The second-order valence-corrected chi connectivity index (χ2v) is 9.97. The number of nitrogens with zero attached hydrogens (tertiary/aromatic N) is 4. The van der Waals surface area contributed by atoms with Crippen LogP contribution in [0.5, 0.6) is 0 Å². The van der Waals surface area contributed by atoms with Gasteiger partial charge in [-0.3, -0.25) is 14.4 Å². The maximum Gasteiger partial charge on any atom is 0.320 e. The topological polar surface area (TPSA) is 182 Å². The summed E-state index contributed by atoms with van der Waals surface area (Å²) >= 11 is 0. The molecule has 0 saturated carbocycles. The molecule has 2 aliphatic rings. The third kappa shape index (κ3) is 6.43. The Labute approximate surface area is 223 Å². The van der Waals surface area contributed by atoms with Gasteiger partial charge in [-0.1, -0.05) is 37.5 Å². The number of unbranched alkanes of at least 4 members (excludes halogenated alkanes) is 1. The normalized spacial score (nSPS) is 25.5. The van der Waals surface area contributed by atoms with Gasteiger partial charge < -0.3 is 33.8 Å².